The molecule has 0 radical (unpaired) electrons. The maximum absolute atomic E-state index is 11.2. The van der Waals surface area contributed by atoms with Gasteiger partial charge >= 0.3 is 12.0 Å². The molecule has 3 aromatic rings. The monoisotopic (exact) mass is 301 g/mol. The molecule has 2 aromatic carbocycles. The van der Waals surface area contributed by atoms with Crippen LogP contribution in [0.25, 0.3) is 11.0 Å². The van der Waals surface area contributed by atoms with Gasteiger partial charge in [-0.25, -0.2) is 4.79 Å². The number of rotatable bonds is 3. The summed E-state index contributed by atoms with van der Waals surface area (Å²) < 4.78 is 5.41. The highest BCUT2D eigenvalue weighted by atomic mass is 35.5. The third-order valence-corrected chi connectivity index (χ3v) is 2.95. The Morgan fingerprint density at radius 2 is 1.86 bits per heavy atom. The van der Waals surface area contributed by atoms with Crippen LogP contribution in [0.15, 0.2) is 42.5 Å². The summed E-state index contributed by atoms with van der Waals surface area (Å²) >= 11 is 5.85. The normalized spacial score (nSPS) is 10.5. The molecular weight excluding hydrogens is 294 g/mol. The van der Waals surface area contributed by atoms with E-state index in [1.54, 1.807) is 12.1 Å². The summed E-state index contributed by atoms with van der Waals surface area (Å²) in [5.74, 6) is -1.07. The summed E-state index contributed by atoms with van der Waals surface area (Å²) in [6.45, 7) is 0. The molecule has 0 amide bonds. The first-order valence-corrected chi connectivity index (χ1v) is 6.31. The zero-order chi connectivity index (χ0) is 14.8. The van der Waals surface area contributed by atoms with Crippen molar-refractivity contribution in [1.29, 1.82) is 0 Å². The van der Waals surface area contributed by atoms with Crippen LogP contribution in [0.3, 0.4) is 0 Å². The highest BCUT2D eigenvalue weighted by Crippen LogP contribution is 2.27. The van der Waals surface area contributed by atoms with Crippen LogP contribution in [0.2, 0.25) is 5.02 Å². The minimum atomic E-state index is -1.13. The van der Waals surface area contributed by atoms with Crippen LogP contribution in [-0.4, -0.2) is 26.3 Å². The van der Waals surface area contributed by atoms with E-state index in [0.717, 1.165) is 0 Å². The molecule has 1 aromatic heterocycles. The molecule has 104 valence electrons. The van der Waals surface area contributed by atoms with E-state index < -0.39 is 5.97 Å². The number of fused-ring (bicyclic) bond motifs is 1. The number of hydrogen-bond acceptors (Lipinski definition) is 5. The fraction of sp³-hybridized carbons (Fsp3) is 0. The van der Waals surface area contributed by atoms with Gasteiger partial charge in [-0.3, -0.25) is 0 Å². The molecule has 0 fully saturated rings. The van der Waals surface area contributed by atoms with Crippen LogP contribution in [0.4, 0.5) is 0 Å². The quantitative estimate of drug-likeness (QED) is 0.799. The van der Waals surface area contributed by atoms with Crippen molar-refractivity contribution < 1.29 is 14.6 Å². The van der Waals surface area contributed by atoms with Gasteiger partial charge in [0.2, 0.25) is 0 Å². The van der Waals surface area contributed by atoms with Crippen molar-refractivity contribution in [3.63, 3.8) is 0 Å². The van der Waals surface area contributed by atoms with E-state index in [1.165, 1.54) is 18.2 Å². The lowest BCUT2D eigenvalue weighted by atomic mass is 10.2. The number of para-hydroxylation sites is 1. The van der Waals surface area contributed by atoms with Crippen LogP contribution >= 0.6 is 11.6 Å². The van der Waals surface area contributed by atoms with Gasteiger partial charge in [-0.2, -0.15) is 4.98 Å². The molecule has 3 rings (SSSR count). The largest absolute Gasteiger partial charge is 0.478 e. The number of nitrogens with zero attached hydrogens (tertiary/aromatic N) is 3. The van der Waals surface area contributed by atoms with Crippen LogP contribution < -0.4 is 4.74 Å². The Morgan fingerprint density at radius 1 is 1.10 bits per heavy atom. The topological polar surface area (TPSA) is 85.2 Å². The van der Waals surface area contributed by atoms with Crippen molar-refractivity contribution in [3.05, 3.63) is 53.1 Å². The number of carboxylic acid groups (broad SMARTS) is 1. The average molecular weight is 302 g/mol. The summed E-state index contributed by atoms with van der Waals surface area (Å²) in [6.07, 6.45) is 0. The number of hydrogen-bond donors (Lipinski definition) is 1. The number of aromatic nitrogens is 3. The Balaban J connectivity index is 2.02. The lowest BCUT2D eigenvalue weighted by Gasteiger charge is -2.07. The molecule has 7 heteroatoms. The predicted molar refractivity (Wildman–Crippen MR) is 75.8 cm³/mol. The van der Waals surface area contributed by atoms with Crippen LogP contribution in [0.5, 0.6) is 11.8 Å². The average Bonchev–Trinajstić information content (AvgIpc) is 2.47. The fourth-order valence-corrected chi connectivity index (χ4v) is 1.93. The van der Waals surface area contributed by atoms with E-state index in [-0.39, 0.29) is 17.3 Å². The number of ether oxygens (including phenoxy) is 1. The van der Waals surface area contributed by atoms with Gasteiger partial charge in [0.15, 0.2) is 0 Å². The molecule has 6 nitrogen and oxygen atoms in total. The molecule has 0 saturated heterocycles. The highest BCUT2D eigenvalue weighted by molar-refractivity contribution is 6.30. The number of benzene rings is 2. The third kappa shape index (κ3) is 2.75. The summed E-state index contributed by atoms with van der Waals surface area (Å²) in [5, 5.41) is 17.2. The maximum Gasteiger partial charge on any atom is 0.341 e. The van der Waals surface area contributed by atoms with Crippen molar-refractivity contribution in [1.82, 2.24) is 15.2 Å². The molecule has 0 aliphatic rings. The molecule has 0 aliphatic carbocycles. The number of carboxylic acids is 1. The second-order valence-corrected chi connectivity index (χ2v) is 4.57. The number of halogens is 1. The maximum atomic E-state index is 11.2. The summed E-state index contributed by atoms with van der Waals surface area (Å²) in [4.78, 5) is 15.3. The van der Waals surface area contributed by atoms with E-state index >= 15 is 0 Å². The minimum Gasteiger partial charge on any atom is -0.478 e. The molecule has 1 N–H and O–H groups in total. The van der Waals surface area contributed by atoms with Gasteiger partial charge in [-0.05, 0) is 24.3 Å². The van der Waals surface area contributed by atoms with Crippen molar-refractivity contribution in [2.75, 3.05) is 0 Å². The molecule has 0 unspecified atom stereocenters. The second kappa shape index (κ2) is 5.34. The first kappa shape index (κ1) is 13.3. The number of aromatic carboxylic acids is 1. The first-order valence-electron chi connectivity index (χ1n) is 5.93. The molecule has 0 atom stereocenters. The first-order chi connectivity index (χ1) is 10.1. The Kier molecular flexibility index (Phi) is 3.37. The Morgan fingerprint density at radius 3 is 2.62 bits per heavy atom. The molecule has 0 bridgehead atoms. The zero-order valence-electron chi connectivity index (χ0n) is 10.5. The summed E-state index contributed by atoms with van der Waals surface area (Å²) in [5.41, 5.74) is 1.19. The fourth-order valence-electron chi connectivity index (χ4n) is 1.76. The lowest BCUT2D eigenvalue weighted by Crippen LogP contribution is -2.02. The Labute approximate surface area is 124 Å². The van der Waals surface area contributed by atoms with Crippen LogP contribution in [0, 0.1) is 0 Å². The molecule has 0 saturated carbocycles. The van der Waals surface area contributed by atoms with Crippen molar-refractivity contribution in [2.45, 2.75) is 0 Å². The SMILES string of the molecule is O=C(O)c1ccc(Cl)cc1Oc1nnc2ccccc2n1. The van der Waals surface area contributed by atoms with Crippen molar-refractivity contribution in [2.24, 2.45) is 0 Å². The molecule has 21 heavy (non-hydrogen) atoms. The Bertz CT molecular complexity index is 839. The van der Waals surface area contributed by atoms with Gasteiger partial charge in [-0.15, -0.1) is 5.10 Å². The third-order valence-electron chi connectivity index (χ3n) is 2.72. The van der Waals surface area contributed by atoms with Crippen molar-refractivity contribution in [3.8, 4) is 11.8 Å². The second-order valence-electron chi connectivity index (χ2n) is 4.13. The smallest absolute Gasteiger partial charge is 0.341 e. The number of carbonyl (C=O) groups is 1. The molecule has 0 spiro atoms. The van der Waals surface area contributed by atoms with E-state index in [1.807, 2.05) is 12.1 Å². The van der Waals surface area contributed by atoms with Gasteiger partial charge in [0.05, 0.1) is 5.52 Å². The van der Waals surface area contributed by atoms with Crippen molar-refractivity contribution >= 4 is 28.6 Å². The van der Waals surface area contributed by atoms with E-state index in [0.29, 0.717) is 16.1 Å². The van der Waals surface area contributed by atoms with Gasteiger partial charge in [0, 0.05) is 11.1 Å². The van der Waals surface area contributed by atoms with E-state index in [2.05, 4.69) is 15.2 Å². The van der Waals surface area contributed by atoms with Gasteiger partial charge < -0.3 is 9.84 Å². The minimum absolute atomic E-state index is 0.0313. The summed E-state index contributed by atoms with van der Waals surface area (Å²) in [7, 11) is 0. The van der Waals surface area contributed by atoms with Crippen LogP contribution in [0.1, 0.15) is 10.4 Å². The Hall–Kier alpha value is -2.73. The highest BCUT2D eigenvalue weighted by Gasteiger charge is 2.14. The van der Waals surface area contributed by atoms with Gasteiger partial charge in [0.1, 0.15) is 16.8 Å². The standard InChI is InChI=1S/C14H8ClN3O3/c15-8-5-6-9(13(19)20)12(7-8)21-14-16-10-3-1-2-4-11(10)17-18-14/h1-7H,(H,19,20). The molecular formula is C14H8ClN3O3. The lowest BCUT2D eigenvalue weighted by molar-refractivity contribution is 0.0694. The van der Waals surface area contributed by atoms with Gasteiger partial charge in [-0.1, -0.05) is 28.8 Å². The predicted octanol–water partition coefficient (Wildman–Crippen LogP) is 3.17. The molecule has 0 aliphatic heterocycles. The van der Waals surface area contributed by atoms with Crippen LogP contribution in [-0.2, 0) is 0 Å². The van der Waals surface area contributed by atoms with E-state index in [9.17, 15) is 4.79 Å². The summed E-state index contributed by atoms with van der Waals surface area (Å²) in [6, 6.07) is 11.3. The zero-order valence-corrected chi connectivity index (χ0v) is 11.3. The molecule has 1 heterocycles. The van der Waals surface area contributed by atoms with E-state index in [4.69, 9.17) is 21.4 Å². The van der Waals surface area contributed by atoms with Gasteiger partial charge in [0.25, 0.3) is 0 Å².